The number of ether oxygens (including phenoxy) is 1. The van der Waals surface area contributed by atoms with Crippen LogP contribution in [0.4, 0.5) is 4.79 Å². The first-order valence-electron chi connectivity index (χ1n) is 11.2. The van der Waals surface area contributed by atoms with Crippen LogP contribution in [0.5, 0.6) is 0 Å². The lowest BCUT2D eigenvalue weighted by Gasteiger charge is -2.25. The molecule has 2 aliphatic heterocycles. The number of piperidine rings is 2. The van der Waals surface area contributed by atoms with Crippen LogP contribution in [-0.2, 0) is 22.8 Å². The van der Waals surface area contributed by atoms with Crippen molar-refractivity contribution < 1.29 is 14.4 Å². The van der Waals surface area contributed by atoms with Crippen molar-refractivity contribution in [1.29, 1.82) is 0 Å². The molecule has 2 aromatic carbocycles. The molecule has 0 saturated carbocycles. The molecular formula is C25H34N2O3. The lowest BCUT2D eigenvalue weighted by Crippen LogP contribution is -2.35. The maximum atomic E-state index is 11.7. The lowest BCUT2D eigenvalue weighted by molar-refractivity contribution is -0.178. The first-order valence-corrected chi connectivity index (χ1v) is 11.2. The first kappa shape index (κ1) is 22.3. The number of nitrogens with zero attached hydrogens (tertiary/aromatic N) is 2. The molecule has 0 aromatic heterocycles. The smallest absolute Gasteiger partial charge is 0.410 e. The summed E-state index contributed by atoms with van der Waals surface area (Å²) in [6.45, 7) is 4.94. The van der Waals surface area contributed by atoms with Crippen molar-refractivity contribution in [3.63, 3.8) is 0 Å². The third-order valence-electron chi connectivity index (χ3n) is 5.39. The van der Waals surface area contributed by atoms with E-state index in [-0.39, 0.29) is 6.09 Å². The van der Waals surface area contributed by atoms with Crippen LogP contribution < -0.4 is 0 Å². The van der Waals surface area contributed by atoms with E-state index in [0.29, 0.717) is 13.2 Å². The molecule has 0 unspecified atom stereocenters. The molecule has 30 heavy (non-hydrogen) atoms. The quantitative estimate of drug-likeness (QED) is 0.661. The van der Waals surface area contributed by atoms with Crippen LogP contribution in [0, 0.1) is 0 Å². The number of rotatable bonds is 5. The Bertz CT molecular complexity index is 712. The van der Waals surface area contributed by atoms with E-state index in [4.69, 9.17) is 9.57 Å². The Morgan fingerprint density at radius 1 is 0.667 bits per heavy atom. The van der Waals surface area contributed by atoms with Crippen LogP contribution >= 0.6 is 0 Å². The molecule has 1 amide bonds. The van der Waals surface area contributed by atoms with Gasteiger partial charge in [0.05, 0.1) is 6.61 Å². The monoisotopic (exact) mass is 410 g/mol. The van der Waals surface area contributed by atoms with Gasteiger partial charge < -0.3 is 9.64 Å². The Labute approximate surface area is 180 Å². The molecule has 0 atom stereocenters. The molecule has 0 spiro atoms. The van der Waals surface area contributed by atoms with Crippen molar-refractivity contribution in [3.8, 4) is 0 Å². The van der Waals surface area contributed by atoms with Gasteiger partial charge in [0, 0.05) is 26.2 Å². The predicted octanol–water partition coefficient (Wildman–Crippen LogP) is 5.41. The summed E-state index contributed by atoms with van der Waals surface area (Å²) in [6, 6.07) is 20.1. The van der Waals surface area contributed by atoms with E-state index in [1.165, 1.54) is 31.2 Å². The molecule has 2 saturated heterocycles. The average Bonchev–Trinajstić information content (AvgIpc) is 2.84. The average molecular weight is 411 g/mol. The largest absolute Gasteiger partial charge is 0.445 e. The summed E-state index contributed by atoms with van der Waals surface area (Å²) in [5.74, 6) is 0. The van der Waals surface area contributed by atoms with Gasteiger partial charge in [-0.25, -0.2) is 4.79 Å². The second-order valence-electron chi connectivity index (χ2n) is 7.84. The summed E-state index contributed by atoms with van der Waals surface area (Å²) < 4.78 is 5.25. The number of amides is 1. The van der Waals surface area contributed by atoms with Gasteiger partial charge >= 0.3 is 6.09 Å². The molecule has 2 fully saturated rings. The number of hydroxylamine groups is 2. The maximum Gasteiger partial charge on any atom is 0.410 e. The van der Waals surface area contributed by atoms with Crippen LogP contribution in [0.25, 0.3) is 0 Å². The lowest BCUT2D eigenvalue weighted by atomic mass is 10.1. The molecule has 5 nitrogen and oxygen atoms in total. The summed E-state index contributed by atoms with van der Waals surface area (Å²) in [5, 5.41) is 2.09. The molecule has 0 bridgehead atoms. The molecule has 0 N–H and O–H groups in total. The fourth-order valence-electron chi connectivity index (χ4n) is 3.62. The standard InChI is InChI=1S/C13H17NO2.C12H17NO/c15-13(14-9-5-2-6-10-14)16-11-12-7-3-1-4-8-12;1-3-7-12(8-4-1)11-14-13-9-5-2-6-10-13/h1,3-4,7-8H,2,5-6,9-11H2;1,3-4,7-8H,2,5-6,9-11H2. The number of likely N-dealkylation sites (tertiary alicyclic amines) is 1. The summed E-state index contributed by atoms with van der Waals surface area (Å²) in [5.41, 5.74) is 2.28. The minimum atomic E-state index is -0.177. The molecule has 0 radical (unpaired) electrons. The van der Waals surface area contributed by atoms with Gasteiger partial charge in [0.2, 0.25) is 0 Å². The van der Waals surface area contributed by atoms with Crippen LogP contribution in [-0.4, -0.2) is 42.2 Å². The Morgan fingerprint density at radius 2 is 1.17 bits per heavy atom. The summed E-state index contributed by atoms with van der Waals surface area (Å²) in [6.07, 6.45) is 7.14. The molecule has 2 aromatic rings. The van der Waals surface area contributed by atoms with Crippen molar-refractivity contribution >= 4 is 6.09 Å². The normalized spacial score (nSPS) is 17.0. The van der Waals surface area contributed by atoms with Crippen LogP contribution in [0.1, 0.15) is 49.7 Å². The molecule has 2 aliphatic rings. The van der Waals surface area contributed by atoms with Gasteiger partial charge in [-0.2, -0.15) is 5.06 Å². The highest BCUT2D eigenvalue weighted by molar-refractivity contribution is 5.67. The summed E-state index contributed by atoms with van der Waals surface area (Å²) >= 11 is 0. The van der Waals surface area contributed by atoms with Crippen molar-refractivity contribution in [3.05, 3.63) is 71.8 Å². The zero-order valence-corrected chi connectivity index (χ0v) is 17.9. The highest BCUT2D eigenvalue weighted by Crippen LogP contribution is 2.12. The molecule has 0 aliphatic carbocycles. The van der Waals surface area contributed by atoms with Crippen molar-refractivity contribution in [2.45, 2.75) is 51.7 Å². The summed E-state index contributed by atoms with van der Waals surface area (Å²) in [7, 11) is 0. The Hall–Kier alpha value is -2.37. The van der Waals surface area contributed by atoms with Crippen molar-refractivity contribution in [1.82, 2.24) is 9.96 Å². The van der Waals surface area contributed by atoms with Gasteiger partial charge in [-0.3, -0.25) is 4.84 Å². The second kappa shape index (κ2) is 13.0. The molecule has 162 valence electrons. The third-order valence-corrected chi connectivity index (χ3v) is 5.39. The maximum absolute atomic E-state index is 11.7. The highest BCUT2D eigenvalue weighted by atomic mass is 16.7. The van der Waals surface area contributed by atoms with E-state index in [1.54, 1.807) is 4.90 Å². The molecule has 4 rings (SSSR count). The van der Waals surface area contributed by atoms with Gasteiger partial charge in [0.1, 0.15) is 6.61 Å². The van der Waals surface area contributed by atoms with E-state index < -0.39 is 0 Å². The number of hydrogen-bond donors (Lipinski definition) is 0. The van der Waals surface area contributed by atoms with E-state index >= 15 is 0 Å². The summed E-state index contributed by atoms with van der Waals surface area (Å²) in [4.78, 5) is 19.2. The van der Waals surface area contributed by atoms with Gasteiger partial charge in [-0.15, -0.1) is 0 Å². The topological polar surface area (TPSA) is 42.0 Å². The third kappa shape index (κ3) is 8.17. The number of benzene rings is 2. The van der Waals surface area contributed by atoms with E-state index in [0.717, 1.165) is 44.6 Å². The molecular weight excluding hydrogens is 376 g/mol. The van der Waals surface area contributed by atoms with Gasteiger partial charge in [-0.1, -0.05) is 67.1 Å². The molecule has 5 heteroatoms. The van der Waals surface area contributed by atoms with Gasteiger partial charge in [0.25, 0.3) is 0 Å². The van der Waals surface area contributed by atoms with E-state index in [1.807, 2.05) is 36.4 Å². The fraction of sp³-hybridized carbons (Fsp3) is 0.480. The Morgan fingerprint density at radius 3 is 1.73 bits per heavy atom. The van der Waals surface area contributed by atoms with E-state index in [2.05, 4.69) is 29.3 Å². The molecule has 2 heterocycles. The zero-order valence-electron chi connectivity index (χ0n) is 17.9. The van der Waals surface area contributed by atoms with Gasteiger partial charge in [-0.05, 0) is 43.2 Å². The van der Waals surface area contributed by atoms with Crippen LogP contribution in [0.3, 0.4) is 0 Å². The van der Waals surface area contributed by atoms with Crippen LogP contribution in [0.15, 0.2) is 60.7 Å². The van der Waals surface area contributed by atoms with Crippen molar-refractivity contribution in [2.75, 3.05) is 26.2 Å². The SMILES string of the molecule is O=C(OCc1ccccc1)N1CCCCC1.c1ccc(CON2CCCCC2)cc1. The Kier molecular flexibility index (Phi) is 9.70. The predicted molar refractivity (Wildman–Crippen MR) is 119 cm³/mol. The van der Waals surface area contributed by atoms with E-state index in [9.17, 15) is 4.79 Å². The number of carbonyl (C=O) groups is 1. The number of carbonyl (C=O) groups excluding carboxylic acids is 1. The number of hydrogen-bond acceptors (Lipinski definition) is 4. The first-order chi connectivity index (χ1) is 14.8. The Balaban J connectivity index is 0.000000172. The second-order valence-corrected chi connectivity index (χ2v) is 7.84. The van der Waals surface area contributed by atoms with Gasteiger partial charge in [0.15, 0.2) is 0 Å². The minimum Gasteiger partial charge on any atom is -0.445 e. The zero-order chi connectivity index (χ0) is 20.9. The van der Waals surface area contributed by atoms with Crippen LogP contribution in [0.2, 0.25) is 0 Å². The minimum absolute atomic E-state index is 0.177. The van der Waals surface area contributed by atoms with Crippen molar-refractivity contribution in [2.24, 2.45) is 0 Å². The highest BCUT2D eigenvalue weighted by Gasteiger charge is 2.17. The fourth-order valence-corrected chi connectivity index (χ4v) is 3.62.